The Bertz CT molecular complexity index is 258. The van der Waals surface area contributed by atoms with Crippen molar-refractivity contribution in [3.8, 4) is 0 Å². The highest BCUT2D eigenvalue weighted by Gasteiger charge is 2.29. The Morgan fingerprint density at radius 2 is 2.06 bits per heavy atom. The van der Waals surface area contributed by atoms with E-state index in [1.165, 1.54) is 25.9 Å². The Kier molecular flexibility index (Phi) is 6.09. The highest BCUT2D eigenvalue weighted by Crippen LogP contribution is 2.19. The molecule has 0 aromatic heterocycles. The van der Waals surface area contributed by atoms with Gasteiger partial charge in [-0.15, -0.1) is 0 Å². The number of amides is 1. The van der Waals surface area contributed by atoms with E-state index in [9.17, 15) is 4.79 Å². The zero-order valence-corrected chi connectivity index (χ0v) is 12.2. The van der Waals surface area contributed by atoms with Crippen molar-refractivity contribution in [2.24, 2.45) is 17.1 Å². The van der Waals surface area contributed by atoms with Crippen LogP contribution in [-0.4, -0.2) is 43.5 Å². The molecule has 2 atom stereocenters. The van der Waals surface area contributed by atoms with Crippen LogP contribution in [0.2, 0.25) is 0 Å². The van der Waals surface area contributed by atoms with Gasteiger partial charge in [-0.05, 0) is 45.2 Å². The standard InChI is InChI=1S/C14H29N3O/c1-4-14(3,11-15)13(18)16-9-12(2)10-17-7-5-6-8-17/h12H,4-11,15H2,1-3H3,(H,16,18). The molecule has 0 radical (unpaired) electrons. The molecule has 1 aliphatic rings. The van der Waals surface area contributed by atoms with E-state index in [0.717, 1.165) is 19.5 Å². The van der Waals surface area contributed by atoms with E-state index in [4.69, 9.17) is 5.73 Å². The van der Waals surface area contributed by atoms with Crippen molar-refractivity contribution in [3.63, 3.8) is 0 Å². The average molecular weight is 255 g/mol. The van der Waals surface area contributed by atoms with Gasteiger partial charge in [0.05, 0.1) is 5.41 Å². The van der Waals surface area contributed by atoms with Gasteiger partial charge in [-0.3, -0.25) is 4.79 Å². The molecule has 0 aromatic carbocycles. The van der Waals surface area contributed by atoms with Crippen LogP contribution < -0.4 is 11.1 Å². The summed E-state index contributed by atoms with van der Waals surface area (Å²) < 4.78 is 0. The van der Waals surface area contributed by atoms with Crippen LogP contribution in [0.3, 0.4) is 0 Å². The maximum atomic E-state index is 12.1. The first-order valence-corrected chi connectivity index (χ1v) is 7.22. The van der Waals surface area contributed by atoms with Gasteiger partial charge in [0.15, 0.2) is 0 Å². The minimum Gasteiger partial charge on any atom is -0.355 e. The Morgan fingerprint density at radius 3 is 2.56 bits per heavy atom. The number of hydrogen-bond donors (Lipinski definition) is 2. The maximum Gasteiger partial charge on any atom is 0.227 e. The van der Waals surface area contributed by atoms with Crippen LogP contribution in [0, 0.1) is 11.3 Å². The topological polar surface area (TPSA) is 58.4 Å². The van der Waals surface area contributed by atoms with Gasteiger partial charge in [0.1, 0.15) is 0 Å². The molecule has 4 heteroatoms. The second kappa shape index (κ2) is 7.10. The van der Waals surface area contributed by atoms with E-state index in [-0.39, 0.29) is 5.91 Å². The fourth-order valence-corrected chi connectivity index (χ4v) is 2.35. The molecule has 3 N–H and O–H groups in total. The molecule has 1 fully saturated rings. The first-order valence-electron chi connectivity index (χ1n) is 7.22. The zero-order valence-electron chi connectivity index (χ0n) is 12.2. The summed E-state index contributed by atoms with van der Waals surface area (Å²) in [5, 5.41) is 3.05. The summed E-state index contributed by atoms with van der Waals surface area (Å²) in [7, 11) is 0. The highest BCUT2D eigenvalue weighted by molar-refractivity contribution is 5.82. The number of hydrogen-bond acceptors (Lipinski definition) is 3. The second-order valence-corrected chi connectivity index (χ2v) is 5.94. The minimum absolute atomic E-state index is 0.0979. The molecule has 1 saturated heterocycles. The van der Waals surface area contributed by atoms with Gasteiger partial charge in [0, 0.05) is 19.6 Å². The van der Waals surface area contributed by atoms with Crippen molar-refractivity contribution < 1.29 is 4.79 Å². The summed E-state index contributed by atoms with van der Waals surface area (Å²) in [6, 6.07) is 0. The monoisotopic (exact) mass is 255 g/mol. The van der Waals surface area contributed by atoms with E-state index in [1.807, 2.05) is 13.8 Å². The molecule has 1 aliphatic heterocycles. The van der Waals surface area contributed by atoms with Crippen molar-refractivity contribution in [2.45, 2.75) is 40.0 Å². The summed E-state index contributed by atoms with van der Waals surface area (Å²) in [4.78, 5) is 14.5. The third-order valence-electron chi connectivity index (χ3n) is 4.16. The molecule has 0 aromatic rings. The van der Waals surface area contributed by atoms with Crippen LogP contribution in [0.25, 0.3) is 0 Å². The molecule has 106 valence electrons. The number of nitrogens with two attached hydrogens (primary N) is 1. The summed E-state index contributed by atoms with van der Waals surface area (Å²) in [5.74, 6) is 0.603. The molecule has 1 heterocycles. The number of nitrogens with zero attached hydrogens (tertiary/aromatic N) is 1. The second-order valence-electron chi connectivity index (χ2n) is 5.94. The summed E-state index contributed by atoms with van der Waals surface area (Å²) in [6.07, 6.45) is 3.43. The quantitative estimate of drug-likeness (QED) is 0.719. The van der Waals surface area contributed by atoms with Crippen molar-refractivity contribution >= 4 is 5.91 Å². The first kappa shape index (κ1) is 15.4. The van der Waals surface area contributed by atoms with Gasteiger partial charge < -0.3 is 16.0 Å². The smallest absolute Gasteiger partial charge is 0.227 e. The highest BCUT2D eigenvalue weighted by atomic mass is 16.2. The van der Waals surface area contributed by atoms with Crippen LogP contribution in [-0.2, 0) is 4.79 Å². The van der Waals surface area contributed by atoms with Crippen molar-refractivity contribution in [2.75, 3.05) is 32.7 Å². The largest absolute Gasteiger partial charge is 0.355 e. The predicted molar refractivity (Wildman–Crippen MR) is 75.3 cm³/mol. The summed E-state index contributed by atoms with van der Waals surface area (Å²) in [6.45, 7) is 10.8. The number of likely N-dealkylation sites (tertiary alicyclic amines) is 1. The normalized spacial score (nSPS) is 21.6. The van der Waals surface area contributed by atoms with Crippen molar-refractivity contribution in [1.29, 1.82) is 0 Å². The lowest BCUT2D eigenvalue weighted by Gasteiger charge is -2.27. The molecule has 1 rings (SSSR count). The number of carbonyl (C=O) groups is 1. The molecule has 4 nitrogen and oxygen atoms in total. The zero-order chi connectivity index (χ0) is 13.6. The lowest BCUT2D eigenvalue weighted by Crippen LogP contribution is -2.45. The predicted octanol–water partition coefficient (Wildman–Crippen LogP) is 1.21. The van der Waals surface area contributed by atoms with Gasteiger partial charge >= 0.3 is 0 Å². The fraction of sp³-hybridized carbons (Fsp3) is 0.929. The van der Waals surface area contributed by atoms with Crippen LogP contribution in [0.5, 0.6) is 0 Å². The molecule has 0 saturated carbocycles. The van der Waals surface area contributed by atoms with Crippen molar-refractivity contribution in [1.82, 2.24) is 10.2 Å². The third-order valence-corrected chi connectivity index (χ3v) is 4.16. The van der Waals surface area contributed by atoms with Gasteiger partial charge in [-0.25, -0.2) is 0 Å². The lowest BCUT2D eigenvalue weighted by molar-refractivity contribution is -0.130. The van der Waals surface area contributed by atoms with Gasteiger partial charge in [0.25, 0.3) is 0 Å². The SMILES string of the molecule is CCC(C)(CN)C(=O)NCC(C)CN1CCCC1. The van der Waals surface area contributed by atoms with E-state index < -0.39 is 5.41 Å². The van der Waals surface area contributed by atoms with E-state index in [2.05, 4.69) is 17.1 Å². The fourth-order valence-electron chi connectivity index (χ4n) is 2.35. The van der Waals surface area contributed by atoms with E-state index in [1.54, 1.807) is 0 Å². The van der Waals surface area contributed by atoms with E-state index >= 15 is 0 Å². The molecule has 18 heavy (non-hydrogen) atoms. The van der Waals surface area contributed by atoms with Gasteiger partial charge in [-0.1, -0.05) is 13.8 Å². The summed E-state index contributed by atoms with van der Waals surface area (Å²) in [5.41, 5.74) is 5.28. The number of rotatable bonds is 7. The van der Waals surface area contributed by atoms with Crippen molar-refractivity contribution in [3.05, 3.63) is 0 Å². The van der Waals surface area contributed by atoms with Gasteiger partial charge in [0.2, 0.25) is 5.91 Å². The molecule has 1 amide bonds. The number of nitrogens with one attached hydrogen (secondary N) is 1. The molecule has 0 spiro atoms. The van der Waals surface area contributed by atoms with Crippen LogP contribution >= 0.6 is 0 Å². The molecular weight excluding hydrogens is 226 g/mol. The summed E-state index contributed by atoms with van der Waals surface area (Å²) >= 11 is 0. The molecular formula is C14H29N3O. The number of carbonyl (C=O) groups excluding carboxylic acids is 1. The minimum atomic E-state index is -0.409. The Labute approximate surface area is 111 Å². The Morgan fingerprint density at radius 1 is 1.44 bits per heavy atom. The van der Waals surface area contributed by atoms with Crippen LogP contribution in [0.4, 0.5) is 0 Å². The third kappa shape index (κ3) is 4.25. The molecule has 2 unspecified atom stereocenters. The van der Waals surface area contributed by atoms with Crippen LogP contribution in [0.1, 0.15) is 40.0 Å². The van der Waals surface area contributed by atoms with Crippen LogP contribution in [0.15, 0.2) is 0 Å². The lowest BCUT2D eigenvalue weighted by atomic mass is 9.86. The molecule has 0 aliphatic carbocycles. The Hall–Kier alpha value is -0.610. The maximum absolute atomic E-state index is 12.1. The first-order chi connectivity index (χ1) is 8.51. The molecule has 0 bridgehead atoms. The van der Waals surface area contributed by atoms with Gasteiger partial charge in [-0.2, -0.15) is 0 Å². The Balaban J connectivity index is 2.28. The van der Waals surface area contributed by atoms with E-state index in [0.29, 0.717) is 12.5 Å². The average Bonchev–Trinajstić information content (AvgIpc) is 2.87.